The van der Waals surface area contributed by atoms with Crippen molar-refractivity contribution < 1.29 is 28.8 Å². The quantitative estimate of drug-likeness (QED) is 0.190. The average molecular weight is 688 g/mol. The van der Waals surface area contributed by atoms with Crippen LogP contribution in [0.25, 0.3) is 0 Å². The van der Waals surface area contributed by atoms with E-state index in [1.807, 2.05) is 29.2 Å². The normalized spacial score (nSPS) is 21.5. The Hall–Kier alpha value is -3.97. The summed E-state index contributed by atoms with van der Waals surface area (Å²) in [6, 6.07) is 4.19. The van der Waals surface area contributed by atoms with Crippen molar-refractivity contribution in [3.63, 3.8) is 0 Å². The van der Waals surface area contributed by atoms with Gasteiger partial charge in [-0.2, -0.15) is 0 Å². The molecule has 15 nitrogen and oxygen atoms in total. The van der Waals surface area contributed by atoms with Crippen molar-refractivity contribution in [3.05, 3.63) is 35.4 Å². The number of benzene rings is 1. The number of primary amides is 1. The molecule has 8 amide bonds. The molecular weight excluding hydrogens is 637 g/mol. The summed E-state index contributed by atoms with van der Waals surface area (Å²) < 4.78 is 0. The summed E-state index contributed by atoms with van der Waals surface area (Å²) >= 11 is 0. The van der Waals surface area contributed by atoms with E-state index in [1.54, 1.807) is 18.9 Å². The van der Waals surface area contributed by atoms with Gasteiger partial charge >= 0.3 is 12.1 Å². The van der Waals surface area contributed by atoms with Gasteiger partial charge in [0, 0.05) is 58.0 Å². The molecule has 3 saturated heterocycles. The minimum absolute atomic E-state index is 0.0660. The number of carbonyl (C=O) groups is 6. The third-order valence-electron chi connectivity index (χ3n) is 9.39. The highest BCUT2D eigenvalue weighted by Crippen LogP contribution is 2.29. The van der Waals surface area contributed by atoms with Crippen molar-refractivity contribution in [2.75, 3.05) is 46.1 Å². The molecule has 0 saturated carbocycles. The highest BCUT2D eigenvalue weighted by Gasteiger charge is 2.45. The number of nitrogens with two attached hydrogens (primary N) is 1. The Bertz CT molecular complexity index is 1340. The van der Waals surface area contributed by atoms with Crippen LogP contribution in [0.1, 0.15) is 56.6 Å². The molecule has 48 heavy (non-hydrogen) atoms. The number of likely N-dealkylation sites (tertiary alicyclic amines) is 1. The van der Waals surface area contributed by atoms with Crippen LogP contribution in [0.2, 0.25) is 0 Å². The first kappa shape index (κ1) is 36.9. The summed E-state index contributed by atoms with van der Waals surface area (Å²) in [5.41, 5.74) is 7.27. The zero-order valence-electron chi connectivity index (χ0n) is 27.9. The second-order valence-corrected chi connectivity index (χ2v) is 13.0. The van der Waals surface area contributed by atoms with Crippen LogP contribution >= 0.6 is 9.24 Å². The Morgan fingerprint density at radius 3 is 2.33 bits per heavy atom. The fourth-order valence-electron chi connectivity index (χ4n) is 6.43. The number of urea groups is 2. The number of likely N-dealkylation sites (N-methyl/N-ethyl adjacent to an activating group) is 1. The maximum absolute atomic E-state index is 13.7. The molecule has 1 unspecified atom stereocenters. The summed E-state index contributed by atoms with van der Waals surface area (Å²) in [6.45, 7) is 4.30. The molecule has 1 aromatic carbocycles. The van der Waals surface area contributed by atoms with Crippen LogP contribution in [-0.2, 0) is 32.3 Å². The van der Waals surface area contributed by atoms with Gasteiger partial charge in [-0.3, -0.25) is 19.2 Å². The Balaban J connectivity index is 1.33. The Morgan fingerprint density at radius 2 is 1.69 bits per heavy atom. The number of amides is 8. The van der Waals surface area contributed by atoms with Gasteiger partial charge in [-0.25, -0.2) is 9.59 Å². The predicted molar refractivity (Wildman–Crippen MR) is 182 cm³/mol. The number of hydrogen-bond acceptors (Lipinski definition) is 7. The highest BCUT2D eigenvalue weighted by molar-refractivity contribution is 7.16. The van der Waals surface area contributed by atoms with Crippen LogP contribution in [0.5, 0.6) is 0 Å². The van der Waals surface area contributed by atoms with Crippen molar-refractivity contribution in [2.45, 2.75) is 82.7 Å². The smallest absolute Gasteiger partial charge is 0.317 e. The first-order valence-corrected chi connectivity index (χ1v) is 17.5. The SMILES string of the molecule is CN[C@@H](C)C(=O)N[C@H]1CN(C(=O)NCc2cccc(CNC(=O)N(CP)CCC(=O)N3CCCC3)c2)CC[C@H]2CC[C@@H](C(N)=O)N2C1=O. The third kappa shape index (κ3) is 9.56. The maximum atomic E-state index is 13.7. The summed E-state index contributed by atoms with van der Waals surface area (Å²) in [7, 11) is 4.16. The van der Waals surface area contributed by atoms with Crippen molar-refractivity contribution in [3.8, 4) is 0 Å². The second kappa shape index (κ2) is 17.4. The van der Waals surface area contributed by atoms with Crippen LogP contribution in [0.4, 0.5) is 9.59 Å². The van der Waals surface area contributed by atoms with Crippen molar-refractivity contribution >= 4 is 44.9 Å². The first-order valence-electron chi connectivity index (χ1n) is 16.7. The molecule has 16 heteroatoms. The van der Waals surface area contributed by atoms with E-state index in [1.165, 1.54) is 9.80 Å². The summed E-state index contributed by atoms with van der Waals surface area (Å²) in [4.78, 5) is 83.7. The number of nitrogens with one attached hydrogen (secondary N) is 4. The number of hydrogen-bond donors (Lipinski definition) is 5. The molecule has 0 aromatic heterocycles. The van der Waals surface area contributed by atoms with Gasteiger partial charge in [0.15, 0.2) is 0 Å². The van der Waals surface area contributed by atoms with Gasteiger partial charge in [0.05, 0.1) is 12.6 Å². The van der Waals surface area contributed by atoms with Gasteiger partial charge < -0.3 is 46.6 Å². The summed E-state index contributed by atoms with van der Waals surface area (Å²) in [6.07, 6.45) is 4.24. The molecule has 4 rings (SSSR count). The molecule has 264 valence electrons. The molecule has 3 aliphatic rings. The topological polar surface area (TPSA) is 190 Å². The average Bonchev–Trinajstić information content (AvgIpc) is 3.77. The van der Waals surface area contributed by atoms with E-state index in [4.69, 9.17) is 5.73 Å². The number of carbonyl (C=O) groups excluding carboxylic acids is 6. The monoisotopic (exact) mass is 687 g/mol. The lowest BCUT2D eigenvalue weighted by Gasteiger charge is -2.38. The number of nitrogens with zero attached hydrogens (tertiary/aromatic N) is 4. The molecule has 0 bridgehead atoms. The van der Waals surface area contributed by atoms with Crippen LogP contribution in [-0.4, -0.2) is 126 Å². The zero-order chi connectivity index (χ0) is 34.8. The maximum Gasteiger partial charge on any atom is 0.317 e. The Labute approximate surface area is 284 Å². The Morgan fingerprint density at radius 1 is 1.00 bits per heavy atom. The molecule has 0 spiro atoms. The van der Waals surface area contributed by atoms with Gasteiger partial charge in [-0.15, -0.1) is 9.24 Å². The second-order valence-electron chi connectivity index (χ2n) is 12.6. The standard InChI is InChI=1S/C32H50N9O6P/c1-21(34-2)29(44)37-25-19-39(14-10-24-8-9-26(28(33)43)41(24)30(25)45)31(46)35-17-22-6-5-7-23(16-22)18-36-32(47)40(20-48)15-11-27(42)38-12-3-4-13-38/h5-7,16,21,24-26,34H,3-4,8-15,17-20,48H2,1-2H3,(H2,33,43)(H,35,46)(H,36,47)(H,37,44)/t21-,24+,25-,26-/m0/s1. The van der Waals surface area contributed by atoms with E-state index in [2.05, 4.69) is 30.5 Å². The van der Waals surface area contributed by atoms with Gasteiger partial charge in [0.25, 0.3) is 0 Å². The van der Waals surface area contributed by atoms with Crippen LogP contribution in [0.3, 0.4) is 0 Å². The zero-order valence-corrected chi connectivity index (χ0v) is 29.1. The fraction of sp³-hybridized carbons (Fsp3) is 0.625. The highest BCUT2D eigenvalue weighted by atomic mass is 31.0. The minimum atomic E-state index is -1.05. The van der Waals surface area contributed by atoms with Gasteiger partial charge in [-0.1, -0.05) is 24.3 Å². The van der Waals surface area contributed by atoms with Crippen molar-refractivity contribution in [1.29, 1.82) is 0 Å². The first-order chi connectivity index (χ1) is 23.0. The molecule has 0 radical (unpaired) electrons. The Kier molecular flexibility index (Phi) is 13.4. The van der Waals surface area contributed by atoms with Crippen molar-refractivity contribution in [1.82, 2.24) is 40.9 Å². The minimum Gasteiger partial charge on any atom is -0.368 e. The fourth-order valence-corrected chi connectivity index (χ4v) is 6.78. The van der Waals surface area contributed by atoms with Crippen LogP contribution in [0.15, 0.2) is 24.3 Å². The van der Waals surface area contributed by atoms with Crippen molar-refractivity contribution in [2.24, 2.45) is 5.73 Å². The lowest BCUT2D eigenvalue weighted by molar-refractivity contribution is -0.144. The lowest BCUT2D eigenvalue weighted by Crippen LogP contribution is -2.62. The molecule has 1 aromatic rings. The van der Waals surface area contributed by atoms with Gasteiger partial charge in [0.2, 0.25) is 23.6 Å². The molecule has 6 N–H and O–H groups in total. The molecule has 3 heterocycles. The van der Waals surface area contributed by atoms with E-state index in [0.717, 1.165) is 37.1 Å². The predicted octanol–water partition coefficient (Wildman–Crippen LogP) is -0.104. The largest absolute Gasteiger partial charge is 0.368 e. The van der Waals surface area contributed by atoms with Crippen LogP contribution in [0, 0.1) is 0 Å². The third-order valence-corrected chi connectivity index (χ3v) is 9.83. The molecule has 3 aliphatic heterocycles. The molecule has 0 aliphatic carbocycles. The van der Waals surface area contributed by atoms with E-state index < -0.39 is 35.8 Å². The lowest BCUT2D eigenvalue weighted by atomic mass is 10.1. The van der Waals surface area contributed by atoms with E-state index in [-0.39, 0.29) is 50.1 Å². The molecular formula is C32H50N9O6P. The van der Waals surface area contributed by atoms with Gasteiger partial charge in [0.1, 0.15) is 12.1 Å². The summed E-state index contributed by atoms with van der Waals surface area (Å²) in [5, 5.41) is 11.4. The number of fused-ring (bicyclic) bond motifs is 1. The number of rotatable bonds is 12. The molecule has 3 fully saturated rings. The molecule has 5 atom stereocenters. The van der Waals surface area contributed by atoms with E-state index in [9.17, 15) is 28.8 Å². The van der Waals surface area contributed by atoms with Crippen LogP contribution < -0.4 is 27.0 Å². The van der Waals surface area contributed by atoms with Gasteiger partial charge in [-0.05, 0) is 57.2 Å². The van der Waals surface area contributed by atoms with E-state index >= 15 is 0 Å². The summed E-state index contributed by atoms with van der Waals surface area (Å²) in [5.74, 6) is -1.34. The van der Waals surface area contributed by atoms with E-state index in [0.29, 0.717) is 38.6 Å².